The summed E-state index contributed by atoms with van der Waals surface area (Å²) in [6, 6.07) is 16.9. The van der Waals surface area contributed by atoms with E-state index in [1.165, 1.54) is 0 Å². The molecule has 0 saturated carbocycles. The highest BCUT2D eigenvalue weighted by Crippen LogP contribution is 2.14. The van der Waals surface area contributed by atoms with Crippen molar-refractivity contribution in [1.29, 1.82) is 5.26 Å². The highest BCUT2D eigenvalue weighted by atomic mass is 16.2. The summed E-state index contributed by atoms with van der Waals surface area (Å²) in [5, 5.41) is 14.6. The van der Waals surface area contributed by atoms with Gasteiger partial charge in [-0.3, -0.25) is 9.59 Å². The SMILES string of the molecule is CC[C@@H](C)[C@@H](NC(=O)c1ccccc1)C(=O)Nc1cccc(C#N)c1. The van der Waals surface area contributed by atoms with Gasteiger partial charge >= 0.3 is 0 Å². The van der Waals surface area contributed by atoms with Crippen LogP contribution >= 0.6 is 0 Å². The Morgan fingerprint density at radius 1 is 1.12 bits per heavy atom. The molecule has 0 aliphatic heterocycles. The zero-order valence-electron chi connectivity index (χ0n) is 14.3. The molecular formula is C20H21N3O2. The van der Waals surface area contributed by atoms with Crippen molar-refractivity contribution in [2.24, 2.45) is 5.92 Å². The Bertz CT molecular complexity index is 781. The number of hydrogen-bond acceptors (Lipinski definition) is 3. The average Bonchev–Trinajstić information content (AvgIpc) is 2.66. The number of anilines is 1. The summed E-state index contributed by atoms with van der Waals surface area (Å²) in [4.78, 5) is 25.1. The Kier molecular flexibility index (Phi) is 6.30. The molecule has 2 aromatic rings. The smallest absolute Gasteiger partial charge is 0.251 e. The molecule has 2 rings (SSSR count). The number of nitriles is 1. The Morgan fingerprint density at radius 3 is 2.48 bits per heavy atom. The maximum absolute atomic E-state index is 12.7. The number of carbonyl (C=O) groups excluding carboxylic acids is 2. The van der Waals surface area contributed by atoms with Crippen molar-refractivity contribution in [2.75, 3.05) is 5.32 Å². The zero-order valence-corrected chi connectivity index (χ0v) is 14.3. The van der Waals surface area contributed by atoms with Gasteiger partial charge in [-0.05, 0) is 36.2 Å². The highest BCUT2D eigenvalue weighted by Gasteiger charge is 2.26. The molecule has 0 aromatic heterocycles. The standard InChI is InChI=1S/C20H21N3O2/c1-3-14(2)18(23-19(24)16-9-5-4-6-10-16)20(25)22-17-11-7-8-15(12-17)13-21/h4-12,14,18H,3H2,1-2H3,(H,22,25)(H,23,24)/t14-,18-/m1/s1. The number of benzene rings is 2. The molecule has 2 N–H and O–H groups in total. The molecule has 0 saturated heterocycles. The Labute approximate surface area is 147 Å². The second-order valence-electron chi connectivity index (χ2n) is 5.88. The predicted octanol–water partition coefficient (Wildman–Crippen LogP) is 3.34. The number of rotatable bonds is 6. The Morgan fingerprint density at radius 2 is 1.84 bits per heavy atom. The van der Waals surface area contributed by atoms with Gasteiger partial charge in [0.15, 0.2) is 0 Å². The average molecular weight is 335 g/mol. The molecular weight excluding hydrogens is 314 g/mol. The molecule has 128 valence electrons. The first-order valence-corrected chi connectivity index (χ1v) is 8.22. The molecule has 0 unspecified atom stereocenters. The van der Waals surface area contributed by atoms with Crippen LogP contribution in [0.15, 0.2) is 54.6 Å². The lowest BCUT2D eigenvalue weighted by molar-refractivity contribution is -0.119. The molecule has 0 heterocycles. The van der Waals surface area contributed by atoms with Crippen molar-refractivity contribution in [1.82, 2.24) is 5.32 Å². The van der Waals surface area contributed by atoms with Crippen LogP contribution in [0.25, 0.3) is 0 Å². The number of nitrogens with zero attached hydrogens (tertiary/aromatic N) is 1. The maximum atomic E-state index is 12.7. The molecule has 0 aliphatic rings. The molecule has 2 amide bonds. The summed E-state index contributed by atoms with van der Waals surface area (Å²) in [6.45, 7) is 3.89. The first kappa shape index (κ1) is 18.2. The molecule has 2 atom stereocenters. The van der Waals surface area contributed by atoms with Crippen LogP contribution in [0.4, 0.5) is 5.69 Å². The van der Waals surface area contributed by atoms with Crippen molar-refractivity contribution < 1.29 is 9.59 Å². The quantitative estimate of drug-likeness (QED) is 0.849. The van der Waals surface area contributed by atoms with Crippen molar-refractivity contribution in [3.63, 3.8) is 0 Å². The van der Waals surface area contributed by atoms with Gasteiger partial charge in [-0.1, -0.05) is 44.5 Å². The third kappa shape index (κ3) is 4.92. The van der Waals surface area contributed by atoms with Gasteiger partial charge in [-0.2, -0.15) is 5.26 Å². The van der Waals surface area contributed by atoms with E-state index < -0.39 is 6.04 Å². The fourth-order valence-corrected chi connectivity index (χ4v) is 2.40. The summed E-state index contributed by atoms with van der Waals surface area (Å²) < 4.78 is 0. The van der Waals surface area contributed by atoms with Gasteiger partial charge in [-0.25, -0.2) is 0 Å². The minimum Gasteiger partial charge on any atom is -0.340 e. The number of amides is 2. The topological polar surface area (TPSA) is 82.0 Å². The van der Waals surface area contributed by atoms with E-state index in [1.807, 2.05) is 26.0 Å². The maximum Gasteiger partial charge on any atom is 0.251 e. The Hall–Kier alpha value is -3.13. The molecule has 0 aliphatic carbocycles. The normalized spacial score (nSPS) is 12.5. The fourth-order valence-electron chi connectivity index (χ4n) is 2.40. The first-order chi connectivity index (χ1) is 12.0. The van der Waals surface area contributed by atoms with E-state index in [4.69, 9.17) is 5.26 Å². The third-order valence-electron chi connectivity index (χ3n) is 4.08. The van der Waals surface area contributed by atoms with E-state index in [2.05, 4.69) is 10.6 Å². The third-order valence-corrected chi connectivity index (χ3v) is 4.08. The largest absolute Gasteiger partial charge is 0.340 e. The van der Waals surface area contributed by atoms with E-state index in [0.29, 0.717) is 16.8 Å². The van der Waals surface area contributed by atoms with Gasteiger partial charge in [0.25, 0.3) is 5.91 Å². The van der Waals surface area contributed by atoms with Crippen molar-refractivity contribution in [3.05, 3.63) is 65.7 Å². The van der Waals surface area contributed by atoms with Gasteiger partial charge in [0.1, 0.15) is 6.04 Å². The van der Waals surface area contributed by atoms with Crippen LogP contribution < -0.4 is 10.6 Å². The molecule has 2 aromatic carbocycles. The van der Waals surface area contributed by atoms with E-state index in [-0.39, 0.29) is 17.7 Å². The van der Waals surface area contributed by atoms with E-state index >= 15 is 0 Å². The Balaban J connectivity index is 2.14. The zero-order chi connectivity index (χ0) is 18.2. The summed E-state index contributed by atoms with van der Waals surface area (Å²) in [5.74, 6) is -0.618. The molecule has 0 fully saturated rings. The van der Waals surface area contributed by atoms with Gasteiger partial charge in [0.2, 0.25) is 5.91 Å². The number of hydrogen-bond donors (Lipinski definition) is 2. The highest BCUT2D eigenvalue weighted by molar-refractivity contribution is 6.01. The van der Waals surface area contributed by atoms with E-state index in [0.717, 1.165) is 6.42 Å². The van der Waals surface area contributed by atoms with Crippen LogP contribution in [0.1, 0.15) is 36.2 Å². The van der Waals surface area contributed by atoms with Crippen LogP contribution in [-0.4, -0.2) is 17.9 Å². The molecule has 25 heavy (non-hydrogen) atoms. The van der Waals surface area contributed by atoms with Crippen molar-refractivity contribution in [2.45, 2.75) is 26.3 Å². The summed E-state index contributed by atoms with van der Waals surface area (Å²) >= 11 is 0. The molecule has 5 heteroatoms. The molecule has 0 spiro atoms. The van der Waals surface area contributed by atoms with Crippen molar-refractivity contribution >= 4 is 17.5 Å². The molecule has 5 nitrogen and oxygen atoms in total. The summed E-state index contributed by atoms with van der Waals surface area (Å²) in [6.07, 6.45) is 0.741. The number of nitrogens with one attached hydrogen (secondary N) is 2. The lowest BCUT2D eigenvalue weighted by Gasteiger charge is -2.23. The van der Waals surface area contributed by atoms with E-state index in [1.54, 1.807) is 48.5 Å². The second-order valence-corrected chi connectivity index (χ2v) is 5.88. The molecule has 0 bridgehead atoms. The van der Waals surface area contributed by atoms with Crippen LogP contribution in [-0.2, 0) is 4.79 Å². The monoisotopic (exact) mass is 335 g/mol. The summed E-state index contributed by atoms with van der Waals surface area (Å²) in [7, 11) is 0. The minimum atomic E-state index is -0.663. The van der Waals surface area contributed by atoms with Crippen LogP contribution in [0.5, 0.6) is 0 Å². The van der Waals surface area contributed by atoms with E-state index in [9.17, 15) is 9.59 Å². The minimum absolute atomic E-state index is 0.0354. The molecule has 0 radical (unpaired) electrons. The lowest BCUT2D eigenvalue weighted by atomic mass is 9.97. The van der Waals surface area contributed by atoms with Crippen LogP contribution in [0.2, 0.25) is 0 Å². The fraction of sp³-hybridized carbons (Fsp3) is 0.250. The lowest BCUT2D eigenvalue weighted by Crippen LogP contribution is -2.47. The second kappa shape index (κ2) is 8.65. The van der Waals surface area contributed by atoms with Gasteiger partial charge < -0.3 is 10.6 Å². The number of carbonyl (C=O) groups is 2. The van der Waals surface area contributed by atoms with Gasteiger partial charge in [0.05, 0.1) is 11.6 Å². The van der Waals surface area contributed by atoms with Gasteiger partial charge in [-0.15, -0.1) is 0 Å². The summed E-state index contributed by atoms with van der Waals surface area (Å²) in [5.41, 5.74) is 1.51. The first-order valence-electron chi connectivity index (χ1n) is 8.22. The van der Waals surface area contributed by atoms with Crippen LogP contribution in [0.3, 0.4) is 0 Å². The predicted molar refractivity (Wildman–Crippen MR) is 96.9 cm³/mol. The van der Waals surface area contributed by atoms with Gasteiger partial charge in [0, 0.05) is 11.3 Å². The van der Waals surface area contributed by atoms with Crippen molar-refractivity contribution in [3.8, 4) is 6.07 Å². The van der Waals surface area contributed by atoms with Crippen LogP contribution in [0, 0.1) is 17.2 Å².